The lowest BCUT2D eigenvalue weighted by atomic mass is 10.2. The monoisotopic (exact) mass is 233 g/mol. The van der Waals surface area contributed by atoms with Crippen molar-refractivity contribution in [2.45, 2.75) is 6.42 Å². The third kappa shape index (κ3) is 2.77. The summed E-state index contributed by atoms with van der Waals surface area (Å²) in [5.41, 5.74) is 6.38. The van der Waals surface area contributed by atoms with E-state index in [1.54, 1.807) is 6.07 Å². The zero-order valence-corrected chi connectivity index (χ0v) is 8.96. The third-order valence-corrected chi connectivity index (χ3v) is 2.13. The lowest BCUT2D eigenvalue weighted by Crippen LogP contribution is -2.26. The lowest BCUT2D eigenvalue weighted by Gasteiger charge is -2.05. The SMILES string of the molecule is Nc1cnccc1C(=O)NCCc1ncno1. The number of anilines is 1. The first-order chi connectivity index (χ1) is 8.27. The highest BCUT2D eigenvalue weighted by Crippen LogP contribution is 2.07. The van der Waals surface area contributed by atoms with Crippen molar-refractivity contribution >= 4 is 11.6 Å². The van der Waals surface area contributed by atoms with Crippen molar-refractivity contribution in [3.8, 4) is 0 Å². The molecule has 17 heavy (non-hydrogen) atoms. The molecule has 7 nitrogen and oxygen atoms in total. The summed E-state index contributed by atoms with van der Waals surface area (Å²) >= 11 is 0. The minimum atomic E-state index is -0.246. The molecule has 0 bridgehead atoms. The first kappa shape index (κ1) is 11.1. The van der Waals surface area contributed by atoms with Crippen molar-refractivity contribution in [1.82, 2.24) is 20.4 Å². The van der Waals surface area contributed by atoms with Crippen LogP contribution in [0.3, 0.4) is 0 Å². The molecule has 1 amide bonds. The van der Waals surface area contributed by atoms with Gasteiger partial charge in [0.15, 0.2) is 6.33 Å². The summed E-state index contributed by atoms with van der Waals surface area (Å²) in [4.78, 5) is 19.4. The van der Waals surface area contributed by atoms with Crippen molar-refractivity contribution in [2.75, 3.05) is 12.3 Å². The summed E-state index contributed by atoms with van der Waals surface area (Å²) in [6, 6.07) is 1.57. The molecule has 7 heteroatoms. The second kappa shape index (κ2) is 5.06. The minimum absolute atomic E-state index is 0.246. The van der Waals surface area contributed by atoms with Gasteiger partial charge in [0.1, 0.15) is 0 Å². The molecule has 2 heterocycles. The summed E-state index contributed by atoms with van der Waals surface area (Å²) in [6.07, 6.45) is 4.75. The van der Waals surface area contributed by atoms with Crippen LogP contribution in [0.25, 0.3) is 0 Å². The van der Waals surface area contributed by atoms with Gasteiger partial charge in [-0.25, -0.2) is 0 Å². The van der Waals surface area contributed by atoms with Gasteiger partial charge in [-0.3, -0.25) is 9.78 Å². The van der Waals surface area contributed by atoms with E-state index in [1.165, 1.54) is 18.7 Å². The van der Waals surface area contributed by atoms with Crippen LogP contribution >= 0.6 is 0 Å². The van der Waals surface area contributed by atoms with E-state index in [2.05, 4.69) is 20.4 Å². The van der Waals surface area contributed by atoms with Gasteiger partial charge in [-0.1, -0.05) is 5.16 Å². The predicted octanol–water partition coefficient (Wildman–Crippen LogP) is 0.0193. The molecular formula is C10H11N5O2. The van der Waals surface area contributed by atoms with Crippen LogP contribution in [0.2, 0.25) is 0 Å². The standard InChI is InChI=1S/C10H11N5O2/c11-8-5-12-3-1-7(8)10(16)13-4-2-9-14-6-15-17-9/h1,3,5-6H,2,4,11H2,(H,13,16). The number of aromatic nitrogens is 3. The molecule has 0 unspecified atom stereocenters. The van der Waals surface area contributed by atoms with Gasteiger partial charge in [0.05, 0.1) is 17.4 Å². The number of nitrogen functional groups attached to an aromatic ring is 1. The number of nitrogens with two attached hydrogens (primary N) is 1. The van der Waals surface area contributed by atoms with Crippen molar-refractivity contribution in [3.05, 3.63) is 36.2 Å². The van der Waals surface area contributed by atoms with Crippen molar-refractivity contribution in [2.24, 2.45) is 0 Å². The molecule has 3 N–H and O–H groups in total. The van der Waals surface area contributed by atoms with Gasteiger partial charge < -0.3 is 15.6 Å². The summed E-state index contributed by atoms with van der Waals surface area (Å²) in [7, 11) is 0. The molecule has 0 aromatic carbocycles. The van der Waals surface area contributed by atoms with Crippen LogP contribution in [0.4, 0.5) is 5.69 Å². The van der Waals surface area contributed by atoms with E-state index < -0.39 is 0 Å². The Kier molecular flexibility index (Phi) is 3.29. The van der Waals surface area contributed by atoms with E-state index in [0.29, 0.717) is 30.1 Å². The van der Waals surface area contributed by atoms with Gasteiger partial charge >= 0.3 is 0 Å². The molecular weight excluding hydrogens is 222 g/mol. The Labute approximate surface area is 97.0 Å². The quantitative estimate of drug-likeness (QED) is 0.770. The molecule has 0 aliphatic rings. The summed E-state index contributed by atoms with van der Waals surface area (Å²) in [5.74, 6) is 0.234. The van der Waals surface area contributed by atoms with Crippen LogP contribution in [0.15, 0.2) is 29.3 Å². The maximum Gasteiger partial charge on any atom is 0.253 e. The zero-order valence-electron chi connectivity index (χ0n) is 8.96. The Morgan fingerprint density at radius 3 is 3.12 bits per heavy atom. The fourth-order valence-corrected chi connectivity index (χ4v) is 1.30. The number of carbonyl (C=O) groups is 1. The number of hydrogen-bond acceptors (Lipinski definition) is 6. The van der Waals surface area contributed by atoms with Crippen LogP contribution in [0.1, 0.15) is 16.2 Å². The maximum atomic E-state index is 11.7. The molecule has 0 spiro atoms. The van der Waals surface area contributed by atoms with Gasteiger partial charge in [0.2, 0.25) is 5.89 Å². The Morgan fingerprint density at radius 1 is 1.53 bits per heavy atom. The summed E-state index contributed by atoms with van der Waals surface area (Å²) < 4.78 is 4.80. The average molecular weight is 233 g/mol. The number of carbonyl (C=O) groups excluding carboxylic acids is 1. The van der Waals surface area contributed by atoms with E-state index in [-0.39, 0.29) is 5.91 Å². The molecule has 2 aromatic heterocycles. The normalized spacial score (nSPS) is 10.1. The van der Waals surface area contributed by atoms with E-state index in [4.69, 9.17) is 10.3 Å². The first-order valence-corrected chi connectivity index (χ1v) is 5.00. The number of nitrogens with zero attached hydrogens (tertiary/aromatic N) is 3. The lowest BCUT2D eigenvalue weighted by molar-refractivity contribution is 0.0954. The van der Waals surface area contributed by atoms with Crippen molar-refractivity contribution < 1.29 is 9.32 Å². The number of pyridine rings is 1. The van der Waals surface area contributed by atoms with Gasteiger partial charge in [-0.2, -0.15) is 4.98 Å². The number of amides is 1. The molecule has 0 aliphatic carbocycles. The highest BCUT2D eigenvalue weighted by atomic mass is 16.5. The van der Waals surface area contributed by atoms with E-state index in [0.717, 1.165) is 0 Å². The van der Waals surface area contributed by atoms with Gasteiger partial charge in [0, 0.05) is 19.2 Å². The number of nitrogens with one attached hydrogen (secondary N) is 1. The highest BCUT2D eigenvalue weighted by Gasteiger charge is 2.09. The third-order valence-electron chi connectivity index (χ3n) is 2.13. The van der Waals surface area contributed by atoms with E-state index in [9.17, 15) is 4.79 Å². The Morgan fingerprint density at radius 2 is 2.41 bits per heavy atom. The molecule has 0 radical (unpaired) electrons. The molecule has 2 aromatic rings. The molecule has 0 fully saturated rings. The van der Waals surface area contributed by atoms with Gasteiger partial charge in [0.25, 0.3) is 5.91 Å². The topological polar surface area (TPSA) is 107 Å². The second-order valence-electron chi connectivity index (χ2n) is 3.30. The molecule has 2 rings (SSSR count). The number of rotatable bonds is 4. The van der Waals surface area contributed by atoms with E-state index in [1.807, 2.05) is 0 Å². The van der Waals surface area contributed by atoms with Gasteiger partial charge in [-0.15, -0.1) is 0 Å². The minimum Gasteiger partial charge on any atom is -0.397 e. The second-order valence-corrected chi connectivity index (χ2v) is 3.30. The molecule has 0 saturated heterocycles. The van der Waals surface area contributed by atoms with Crippen LogP contribution in [-0.4, -0.2) is 27.6 Å². The van der Waals surface area contributed by atoms with Gasteiger partial charge in [-0.05, 0) is 6.07 Å². The number of hydrogen-bond donors (Lipinski definition) is 2. The first-order valence-electron chi connectivity index (χ1n) is 5.00. The molecule has 0 atom stereocenters. The molecule has 0 saturated carbocycles. The smallest absolute Gasteiger partial charge is 0.253 e. The Balaban J connectivity index is 1.88. The summed E-state index contributed by atoms with van der Waals surface area (Å²) in [6.45, 7) is 0.406. The molecule has 88 valence electrons. The average Bonchev–Trinajstić information content (AvgIpc) is 2.82. The van der Waals surface area contributed by atoms with Crippen LogP contribution in [-0.2, 0) is 6.42 Å². The highest BCUT2D eigenvalue weighted by molar-refractivity contribution is 5.98. The van der Waals surface area contributed by atoms with Crippen LogP contribution < -0.4 is 11.1 Å². The fourth-order valence-electron chi connectivity index (χ4n) is 1.30. The predicted molar refractivity (Wildman–Crippen MR) is 59.0 cm³/mol. The van der Waals surface area contributed by atoms with Crippen LogP contribution in [0, 0.1) is 0 Å². The fraction of sp³-hybridized carbons (Fsp3) is 0.200. The molecule has 0 aliphatic heterocycles. The zero-order chi connectivity index (χ0) is 12.1. The van der Waals surface area contributed by atoms with E-state index >= 15 is 0 Å². The Hall–Kier alpha value is -2.44. The maximum absolute atomic E-state index is 11.7. The van der Waals surface area contributed by atoms with Crippen molar-refractivity contribution in [1.29, 1.82) is 0 Å². The van der Waals surface area contributed by atoms with Crippen molar-refractivity contribution in [3.63, 3.8) is 0 Å². The largest absolute Gasteiger partial charge is 0.397 e. The Bertz CT molecular complexity index is 497. The summed E-state index contributed by atoms with van der Waals surface area (Å²) in [5, 5.41) is 6.17. The van der Waals surface area contributed by atoms with Crippen LogP contribution in [0.5, 0.6) is 0 Å².